The van der Waals surface area contributed by atoms with Crippen molar-refractivity contribution in [3.05, 3.63) is 108 Å². The van der Waals surface area contributed by atoms with E-state index in [1.54, 1.807) is 6.20 Å². The molecule has 1 fully saturated rings. The summed E-state index contributed by atoms with van der Waals surface area (Å²) in [5.74, 6) is 0. The number of nitrogens with one attached hydrogen (secondary N) is 1. The van der Waals surface area contributed by atoms with Gasteiger partial charge in [-0.3, -0.25) is 4.90 Å². The van der Waals surface area contributed by atoms with Crippen LogP contribution in [0, 0.1) is 5.41 Å². The Morgan fingerprint density at radius 3 is 2.18 bits per heavy atom. The average molecular weight is 509 g/mol. The van der Waals surface area contributed by atoms with Crippen molar-refractivity contribution in [1.29, 1.82) is 0 Å². The molecule has 5 heteroatoms. The molecule has 0 aliphatic carbocycles. The van der Waals surface area contributed by atoms with E-state index in [1.807, 2.05) is 0 Å². The Labute approximate surface area is 227 Å². The van der Waals surface area contributed by atoms with Crippen LogP contribution in [-0.2, 0) is 16.7 Å². The lowest BCUT2D eigenvalue weighted by molar-refractivity contribution is -0.0862. The Hall–Kier alpha value is -3.28. The summed E-state index contributed by atoms with van der Waals surface area (Å²) in [5, 5.41) is 10.9. The Morgan fingerprint density at radius 2 is 1.58 bits per heavy atom. The first-order chi connectivity index (χ1) is 18.5. The third-order valence-corrected chi connectivity index (χ3v) is 8.60. The maximum absolute atomic E-state index is 6.58. The second-order valence-electron chi connectivity index (χ2n) is 11.1. The molecule has 1 unspecified atom stereocenters. The molecule has 4 aromatic rings. The molecule has 38 heavy (non-hydrogen) atoms. The van der Waals surface area contributed by atoms with E-state index >= 15 is 0 Å². The molecule has 1 aromatic heterocycles. The summed E-state index contributed by atoms with van der Waals surface area (Å²) >= 11 is 0. The van der Waals surface area contributed by atoms with Crippen molar-refractivity contribution >= 4 is 0 Å². The summed E-state index contributed by atoms with van der Waals surface area (Å²) in [5.41, 5.74) is 6.02. The number of hydrogen-bond acceptors (Lipinski definition) is 4. The largest absolute Gasteiger partial charge is 0.373 e. The Morgan fingerprint density at radius 1 is 0.921 bits per heavy atom. The van der Waals surface area contributed by atoms with Crippen LogP contribution in [0.25, 0.3) is 11.3 Å². The van der Waals surface area contributed by atoms with Crippen LogP contribution in [0.1, 0.15) is 62.8 Å². The van der Waals surface area contributed by atoms with E-state index in [0.29, 0.717) is 0 Å². The summed E-state index contributed by atoms with van der Waals surface area (Å²) < 4.78 is 6.58. The van der Waals surface area contributed by atoms with Crippen LogP contribution in [0.4, 0.5) is 0 Å². The predicted molar refractivity (Wildman–Crippen MR) is 154 cm³/mol. The molecule has 0 saturated carbocycles. The predicted octanol–water partition coefficient (Wildman–Crippen LogP) is 7.20. The number of hydrogen-bond donors (Lipinski definition) is 1. The maximum Gasteiger partial charge on any atom is 0.112 e. The topological polar surface area (TPSA) is 54.0 Å². The fourth-order valence-electron chi connectivity index (χ4n) is 6.19. The van der Waals surface area contributed by atoms with Crippen LogP contribution >= 0.6 is 0 Å². The monoisotopic (exact) mass is 508 g/mol. The molecule has 0 amide bonds. The Bertz CT molecular complexity index is 1250. The van der Waals surface area contributed by atoms with Gasteiger partial charge in [-0.05, 0) is 76.2 Å². The third-order valence-electron chi connectivity index (χ3n) is 8.60. The lowest BCUT2D eigenvalue weighted by atomic mass is 9.67. The summed E-state index contributed by atoms with van der Waals surface area (Å²) in [6.45, 7) is 9.65. The maximum atomic E-state index is 6.58. The molecule has 0 spiro atoms. The van der Waals surface area contributed by atoms with Gasteiger partial charge in [-0.15, -0.1) is 0 Å². The Balaban J connectivity index is 1.37. The molecule has 5 rings (SSSR count). The molecule has 3 aromatic carbocycles. The minimum Gasteiger partial charge on any atom is -0.373 e. The lowest BCUT2D eigenvalue weighted by Gasteiger charge is -2.51. The second kappa shape index (κ2) is 11.6. The first kappa shape index (κ1) is 26.3. The summed E-state index contributed by atoms with van der Waals surface area (Å²) in [6.07, 6.45) is 6.28. The van der Waals surface area contributed by atoms with Gasteiger partial charge in [0.25, 0.3) is 0 Å². The van der Waals surface area contributed by atoms with Gasteiger partial charge in [0.2, 0.25) is 0 Å². The minimum absolute atomic E-state index is 0.0677. The molecule has 1 N–H and O–H groups in total. The number of piperidine rings is 1. The molecule has 2 heterocycles. The SMILES string of the molecule is CCOC(c1ccccc1)C1(CCc2ccccc2)CCN(C(C)(C)c2ccc(-c3cn[nH]n3)cc2)CC1. The van der Waals surface area contributed by atoms with Crippen molar-refractivity contribution in [2.24, 2.45) is 5.41 Å². The van der Waals surface area contributed by atoms with E-state index in [9.17, 15) is 0 Å². The fourth-order valence-corrected chi connectivity index (χ4v) is 6.19. The number of nitrogens with zero attached hydrogens (tertiary/aromatic N) is 3. The number of aromatic nitrogens is 3. The van der Waals surface area contributed by atoms with Crippen molar-refractivity contribution in [3.8, 4) is 11.3 Å². The zero-order chi connectivity index (χ0) is 26.4. The summed E-state index contributed by atoms with van der Waals surface area (Å²) in [7, 11) is 0. The highest BCUT2D eigenvalue weighted by Crippen LogP contribution is 2.50. The highest BCUT2D eigenvalue weighted by molar-refractivity contribution is 5.58. The lowest BCUT2D eigenvalue weighted by Crippen LogP contribution is -2.50. The fraction of sp³-hybridized carbons (Fsp3) is 0.394. The normalized spacial score (nSPS) is 16.8. The third kappa shape index (κ3) is 5.59. The second-order valence-corrected chi connectivity index (χ2v) is 11.1. The van der Waals surface area contributed by atoms with E-state index < -0.39 is 0 Å². The molecule has 0 radical (unpaired) electrons. The standard InChI is InChI=1S/C33H40N4O/c1-4-38-31(28-13-9-6-10-14-28)33(20-19-26-11-7-5-8-12-26)21-23-37(24-22-33)32(2,3)29-17-15-27(16-18-29)30-25-34-36-35-30/h5-18,25,31H,4,19-24H2,1-3H3,(H,34,35,36). The number of aromatic amines is 1. The van der Waals surface area contributed by atoms with Crippen LogP contribution in [0.15, 0.2) is 91.1 Å². The van der Waals surface area contributed by atoms with E-state index in [2.05, 4.69) is 126 Å². The van der Waals surface area contributed by atoms with E-state index in [4.69, 9.17) is 4.74 Å². The van der Waals surface area contributed by atoms with Crippen LogP contribution in [0.5, 0.6) is 0 Å². The van der Waals surface area contributed by atoms with Gasteiger partial charge >= 0.3 is 0 Å². The van der Waals surface area contributed by atoms with E-state index in [-0.39, 0.29) is 17.1 Å². The molecular weight excluding hydrogens is 468 g/mol. The van der Waals surface area contributed by atoms with Crippen LogP contribution in [0.2, 0.25) is 0 Å². The first-order valence-corrected chi connectivity index (χ1v) is 13.9. The highest BCUT2D eigenvalue weighted by Gasteiger charge is 2.45. The number of benzene rings is 3. The van der Waals surface area contributed by atoms with Crippen molar-refractivity contribution < 1.29 is 4.74 Å². The molecule has 1 aliphatic heterocycles. The molecule has 1 aliphatic rings. The summed E-state index contributed by atoms with van der Waals surface area (Å²) in [6, 6.07) is 30.6. The molecule has 1 atom stereocenters. The van der Waals surface area contributed by atoms with E-state index in [1.165, 1.54) is 16.7 Å². The van der Waals surface area contributed by atoms with Gasteiger partial charge < -0.3 is 4.74 Å². The van der Waals surface area contributed by atoms with Crippen molar-refractivity contribution in [2.45, 2.75) is 58.1 Å². The zero-order valence-corrected chi connectivity index (χ0v) is 22.9. The van der Waals surface area contributed by atoms with Crippen molar-refractivity contribution in [1.82, 2.24) is 20.3 Å². The van der Waals surface area contributed by atoms with Gasteiger partial charge in [-0.1, -0.05) is 84.9 Å². The van der Waals surface area contributed by atoms with Gasteiger partial charge in [-0.2, -0.15) is 15.4 Å². The number of H-pyrrole nitrogens is 1. The minimum atomic E-state index is -0.0677. The summed E-state index contributed by atoms with van der Waals surface area (Å²) in [4.78, 5) is 2.66. The zero-order valence-electron chi connectivity index (χ0n) is 22.9. The molecule has 0 bridgehead atoms. The van der Waals surface area contributed by atoms with Crippen molar-refractivity contribution in [2.75, 3.05) is 19.7 Å². The van der Waals surface area contributed by atoms with Gasteiger partial charge in [0.1, 0.15) is 5.69 Å². The van der Waals surface area contributed by atoms with E-state index in [0.717, 1.165) is 56.6 Å². The van der Waals surface area contributed by atoms with Crippen molar-refractivity contribution in [3.63, 3.8) is 0 Å². The van der Waals surface area contributed by atoms with Gasteiger partial charge in [0.15, 0.2) is 0 Å². The molecule has 198 valence electrons. The number of rotatable bonds is 10. The number of likely N-dealkylation sites (tertiary alicyclic amines) is 1. The van der Waals surface area contributed by atoms with Crippen LogP contribution in [-0.4, -0.2) is 40.0 Å². The van der Waals surface area contributed by atoms with Gasteiger partial charge in [0.05, 0.1) is 12.3 Å². The first-order valence-electron chi connectivity index (χ1n) is 13.9. The highest BCUT2D eigenvalue weighted by atomic mass is 16.5. The molecular formula is C33H40N4O. The van der Waals surface area contributed by atoms with Crippen LogP contribution in [0.3, 0.4) is 0 Å². The van der Waals surface area contributed by atoms with Gasteiger partial charge in [0, 0.05) is 23.1 Å². The molecule has 1 saturated heterocycles. The van der Waals surface area contributed by atoms with Crippen LogP contribution < -0.4 is 0 Å². The quantitative estimate of drug-likeness (QED) is 0.246. The van der Waals surface area contributed by atoms with Gasteiger partial charge in [-0.25, -0.2) is 0 Å². The number of ether oxygens (including phenoxy) is 1. The molecule has 5 nitrogen and oxygen atoms in total. The Kier molecular flexibility index (Phi) is 8.06. The number of aryl methyl sites for hydroxylation is 1. The smallest absolute Gasteiger partial charge is 0.112 e. The average Bonchev–Trinajstić information content (AvgIpc) is 3.51.